The number of carbonyl (C=O) groups is 1. The van der Waals surface area contributed by atoms with E-state index in [1.165, 1.54) is 0 Å². The summed E-state index contributed by atoms with van der Waals surface area (Å²) in [6.07, 6.45) is 0.951. The predicted molar refractivity (Wildman–Crippen MR) is 40.0 cm³/mol. The Labute approximate surface area is 74.7 Å². The first-order chi connectivity index (χ1) is 5.73. The van der Waals surface area contributed by atoms with Crippen LogP contribution in [0.2, 0.25) is 0 Å². The average molecular weight is 193 g/mol. The van der Waals surface area contributed by atoms with Gasteiger partial charge in [-0.25, -0.2) is 4.79 Å². The SMILES string of the molecule is O=C(Cl)OC12CCOC1OCC2. The number of halogens is 1. The van der Waals surface area contributed by atoms with Gasteiger partial charge in [-0.2, -0.15) is 0 Å². The number of hydrogen-bond donors (Lipinski definition) is 0. The molecular formula is C7H9ClO4. The van der Waals surface area contributed by atoms with Crippen LogP contribution in [0.4, 0.5) is 4.79 Å². The Morgan fingerprint density at radius 2 is 2.00 bits per heavy atom. The van der Waals surface area contributed by atoms with Crippen LogP contribution in [-0.4, -0.2) is 30.5 Å². The summed E-state index contributed by atoms with van der Waals surface area (Å²) in [7, 11) is 0. The molecular weight excluding hydrogens is 184 g/mol. The van der Waals surface area contributed by atoms with Crippen LogP contribution < -0.4 is 0 Å². The van der Waals surface area contributed by atoms with E-state index in [9.17, 15) is 4.79 Å². The molecule has 0 atom stereocenters. The first-order valence-electron chi connectivity index (χ1n) is 3.85. The molecule has 12 heavy (non-hydrogen) atoms. The second kappa shape index (κ2) is 2.87. The van der Waals surface area contributed by atoms with Crippen LogP contribution in [0.15, 0.2) is 0 Å². The van der Waals surface area contributed by atoms with Gasteiger partial charge in [-0.1, -0.05) is 0 Å². The van der Waals surface area contributed by atoms with Crippen LogP contribution >= 0.6 is 11.6 Å². The standard InChI is InChI=1S/C7H9ClO4/c8-6(9)12-7-1-3-10-5(7)11-4-2-7/h5H,1-4H2. The van der Waals surface area contributed by atoms with Gasteiger partial charge in [0, 0.05) is 24.4 Å². The Bertz CT molecular complexity index is 196. The molecule has 0 amide bonds. The number of hydrogen-bond acceptors (Lipinski definition) is 4. The first-order valence-corrected chi connectivity index (χ1v) is 4.22. The van der Waals surface area contributed by atoms with Crippen LogP contribution in [0.1, 0.15) is 12.8 Å². The zero-order valence-corrected chi connectivity index (χ0v) is 7.17. The summed E-state index contributed by atoms with van der Waals surface area (Å²) >= 11 is 5.15. The van der Waals surface area contributed by atoms with Gasteiger partial charge in [0.05, 0.1) is 13.2 Å². The molecule has 5 heteroatoms. The molecule has 2 aliphatic rings. The highest BCUT2D eigenvalue weighted by molar-refractivity contribution is 6.61. The van der Waals surface area contributed by atoms with Gasteiger partial charge >= 0.3 is 5.43 Å². The topological polar surface area (TPSA) is 44.8 Å². The molecule has 2 heterocycles. The second-order valence-corrected chi connectivity index (χ2v) is 3.29. The molecule has 0 N–H and O–H groups in total. The summed E-state index contributed by atoms with van der Waals surface area (Å²) in [5, 5.41) is 0. The Morgan fingerprint density at radius 1 is 1.42 bits per heavy atom. The van der Waals surface area contributed by atoms with E-state index in [1.807, 2.05) is 0 Å². The van der Waals surface area contributed by atoms with Crippen molar-refractivity contribution in [2.75, 3.05) is 13.2 Å². The molecule has 0 aromatic heterocycles. The summed E-state index contributed by atoms with van der Waals surface area (Å²) in [5.41, 5.74) is -1.38. The third-order valence-corrected chi connectivity index (χ3v) is 2.38. The van der Waals surface area contributed by atoms with Gasteiger partial charge in [0.1, 0.15) is 0 Å². The molecule has 68 valence electrons. The summed E-state index contributed by atoms with van der Waals surface area (Å²) in [6.45, 7) is 1.13. The maximum atomic E-state index is 10.6. The normalized spacial score (nSPS) is 39.6. The van der Waals surface area contributed by atoms with Crippen LogP contribution in [0.5, 0.6) is 0 Å². The fourth-order valence-corrected chi connectivity index (χ4v) is 1.85. The van der Waals surface area contributed by atoms with Crippen molar-refractivity contribution in [3.63, 3.8) is 0 Å². The molecule has 2 saturated heterocycles. The summed E-state index contributed by atoms with van der Waals surface area (Å²) < 4.78 is 15.4. The third kappa shape index (κ3) is 1.20. The van der Waals surface area contributed by atoms with Crippen molar-refractivity contribution in [2.45, 2.75) is 24.7 Å². The number of rotatable bonds is 1. The van der Waals surface area contributed by atoms with Crippen LogP contribution in [0, 0.1) is 0 Å². The van der Waals surface area contributed by atoms with Gasteiger partial charge < -0.3 is 14.2 Å². The monoisotopic (exact) mass is 192 g/mol. The quantitative estimate of drug-likeness (QED) is 0.587. The molecule has 0 unspecified atom stereocenters. The fraction of sp³-hybridized carbons (Fsp3) is 0.857. The first kappa shape index (κ1) is 8.29. The van der Waals surface area contributed by atoms with Crippen molar-refractivity contribution < 1.29 is 19.0 Å². The van der Waals surface area contributed by atoms with E-state index in [1.54, 1.807) is 0 Å². The maximum Gasteiger partial charge on any atom is 0.404 e. The zero-order valence-electron chi connectivity index (χ0n) is 6.42. The predicted octanol–water partition coefficient (Wildman–Crippen LogP) is 1.27. The second-order valence-electron chi connectivity index (χ2n) is 2.98. The zero-order chi connectivity index (χ0) is 8.60. The van der Waals surface area contributed by atoms with Gasteiger partial charge in [0.2, 0.25) is 0 Å². The molecule has 4 nitrogen and oxygen atoms in total. The lowest BCUT2D eigenvalue weighted by Gasteiger charge is -2.23. The largest absolute Gasteiger partial charge is 0.441 e. The molecule has 0 saturated carbocycles. The number of ether oxygens (including phenoxy) is 3. The van der Waals surface area contributed by atoms with E-state index in [-0.39, 0.29) is 0 Å². The van der Waals surface area contributed by atoms with Gasteiger partial charge in [-0.15, -0.1) is 0 Å². The van der Waals surface area contributed by atoms with Crippen LogP contribution in [0.3, 0.4) is 0 Å². The molecule has 0 radical (unpaired) electrons. The van der Waals surface area contributed by atoms with E-state index in [4.69, 9.17) is 25.8 Å². The maximum absolute atomic E-state index is 10.6. The highest BCUT2D eigenvalue weighted by Gasteiger charge is 2.52. The van der Waals surface area contributed by atoms with Gasteiger partial charge in [0.15, 0.2) is 11.9 Å². The molecule has 0 aromatic rings. The summed E-state index contributed by atoms with van der Waals surface area (Å²) in [4.78, 5) is 10.6. The van der Waals surface area contributed by atoms with E-state index < -0.39 is 17.3 Å². The molecule has 0 bridgehead atoms. The van der Waals surface area contributed by atoms with Gasteiger partial charge in [0.25, 0.3) is 0 Å². The highest BCUT2D eigenvalue weighted by Crippen LogP contribution is 2.39. The molecule has 2 fully saturated rings. The Kier molecular flexibility index (Phi) is 1.98. The lowest BCUT2D eigenvalue weighted by Crippen LogP contribution is -2.37. The smallest absolute Gasteiger partial charge is 0.404 e. The molecule has 2 aliphatic heterocycles. The minimum absolute atomic E-state index is 0.403. The molecule has 0 spiro atoms. The van der Waals surface area contributed by atoms with Crippen molar-refractivity contribution in [2.24, 2.45) is 0 Å². The molecule has 0 aromatic carbocycles. The highest BCUT2D eigenvalue weighted by atomic mass is 35.5. The van der Waals surface area contributed by atoms with E-state index in [2.05, 4.69) is 0 Å². The molecule has 0 aliphatic carbocycles. The van der Waals surface area contributed by atoms with Crippen LogP contribution in [0.25, 0.3) is 0 Å². The lowest BCUT2D eigenvalue weighted by atomic mass is 10.00. The Morgan fingerprint density at radius 3 is 2.50 bits per heavy atom. The van der Waals surface area contributed by atoms with Crippen molar-refractivity contribution >= 4 is 17.0 Å². The number of fused-ring (bicyclic) bond motifs is 1. The minimum atomic E-state index is -0.781. The average Bonchev–Trinajstić information content (AvgIpc) is 2.42. The van der Waals surface area contributed by atoms with Gasteiger partial charge in [-0.3, -0.25) is 0 Å². The van der Waals surface area contributed by atoms with Crippen molar-refractivity contribution in [1.29, 1.82) is 0 Å². The van der Waals surface area contributed by atoms with Crippen LogP contribution in [-0.2, 0) is 14.2 Å². The summed E-state index contributed by atoms with van der Waals surface area (Å²) in [5.74, 6) is 0. The third-order valence-electron chi connectivity index (χ3n) is 2.30. The van der Waals surface area contributed by atoms with E-state index in [0.717, 1.165) is 0 Å². The Balaban J connectivity index is 2.11. The Hall–Kier alpha value is -0.320. The van der Waals surface area contributed by atoms with Crippen molar-refractivity contribution in [3.8, 4) is 0 Å². The minimum Gasteiger partial charge on any atom is -0.441 e. The van der Waals surface area contributed by atoms with Gasteiger partial charge in [-0.05, 0) is 0 Å². The number of carbonyl (C=O) groups excluding carboxylic acids is 1. The van der Waals surface area contributed by atoms with Crippen molar-refractivity contribution in [1.82, 2.24) is 0 Å². The van der Waals surface area contributed by atoms with Crippen molar-refractivity contribution in [3.05, 3.63) is 0 Å². The fourth-order valence-electron chi connectivity index (χ4n) is 1.70. The van der Waals surface area contributed by atoms with E-state index in [0.29, 0.717) is 26.1 Å². The van der Waals surface area contributed by atoms with E-state index >= 15 is 0 Å². The molecule has 2 rings (SSSR count). The lowest BCUT2D eigenvalue weighted by molar-refractivity contribution is -0.136. The summed E-state index contributed by atoms with van der Waals surface area (Å²) in [6, 6.07) is 0.